The van der Waals surface area contributed by atoms with E-state index in [0.717, 1.165) is 23.7 Å². The van der Waals surface area contributed by atoms with Gasteiger partial charge in [0.05, 0.1) is 12.3 Å². The summed E-state index contributed by atoms with van der Waals surface area (Å²) in [5, 5.41) is 5.73. The molecule has 1 saturated heterocycles. The molecule has 0 atom stereocenters. The van der Waals surface area contributed by atoms with Crippen LogP contribution in [0.1, 0.15) is 11.1 Å². The number of aryl methyl sites for hydroxylation is 1. The predicted octanol–water partition coefficient (Wildman–Crippen LogP) is 2.80. The van der Waals surface area contributed by atoms with Crippen molar-refractivity contribution in [3.63, 3.8) is 0 Å². The van der Waals surface area contributed by atoms with Gasteiger partial charge in [-0.2, -0.15) is 0 Å². The largest absolute Gasteiger partial charge is 0.360 e. The molecule has 0 radical (unpaired) electrons. The number of anilines is 2. The smallest absolute Gasteiger partial charge is 0.239 e. The van der Waals surface area contributed by atoms with E-state index >= 15 is 0 Å². The summed E-state index contributed by atoms with van der Waals surface area (Å²) in [4.78, 5) is 25.6. The van der Waals surface area contributed by atoms with Crippen LogP contribution in [0.25, 0.3) is 0 Å². The maximum Gasteiger partial charge on any atom is 0.239 e. The van der Waals surface area contributed by atoms with Crippen molar-refractivity contribution in [2.75, 3.05) is 35.6 Å². The van der Waals surface area contributed by atoms with Crippen LogP contribution < -0.4 is 15.5 Å². The van der Waals surface area contributed by atoms with Crippen LogP contribution in [0.15, 0.2) is 48.5 Å². The van der Waals surface area contributed by atoms with Gasteiger partial charge >= 0.3 is 0 Å². The molecule has 5 nitrogen and oxygen atoms in total. The molecule has 2 aromatic rings. The highest BCUT2D eigenvalue weighted by Crippen LogP contribution is 2.19. The molecule has 6 heteroatoms. The molecule has 0 aliphatic carbocycles. The molecule has 1 aliphatic heterocycles. The van der Waals surface area contributed by atoms with Crippen molar-refractivity contribution < 1.29 is 9.59 Å². The normalized spacial score (nSPS) is 14.0. The maximum absolute atomic E-state index is 12.1. The van der Waals surface area contributed by atoms with Gasteiger partial charge in [0.2, 0.25) is 11.8 Å². The highest BCUT2D eigenvalue weighted by atomic mass is 32.2. The molecule has 0 aromatic heterocycles. The number of carbonyl (C=O) groups excluding carboxylic acids is 2. The van der Waals surface area contributed by atoms with Crippen LogP contribution >= 0.6 is 11.8 Å². The van der Waals surface area contributed by atoms with Gasteiger partial charge in [-0.3, -0.25) is 9.59 Å². The number of rotatable bonds is 6. The number of carbonyl (C=O) groups is 2. The molecule has 26 heavy (non-hydrogen) atoms. The van der Waals surface area contributed by atoms with Crippen LogP contribution in [-0.2, 0) is 15.3 Å². The Kier molecular flexibility index (Phi) is 6.17. The first-order chi connectivity index (χ1) is 12.6. The minimum absolute atomic E-state index is 0.00671. The summed E-state index contributed by atoms with van der Waals surface area (Å²) in [5.41, 5.74) is 4.24. The van der Waals surface area contributed by atoms with Crippen molar-refractivity contribution in [1.29, 1.82) is 0 Å². The molecular weight excluding hydrogens is 346 g/mol. The second-order valence-corrected chi connectivity index (χ2v) is 7.33. The monoisotopic (exact) mass is 369 g/mol. The molecule has 2 aromatic carbocycles. The minimum atomic E-state index is -0.00671. The quantitative estimate of drug-likeness (QED) is 0.822. The molecule has 1 fully saturated rings. The second-order valence-electron chi connectivity index (χ2n) is 6.35. The number of hydrogen-bond donors (Lipinski definition) is 2. The Bertz CT molecular complexity index is 777. The standard InChI is InChI=1S/C20H23N3O2S/c1-15-3-2-4-16(11-15)13-26-14-20(25)22-17-5-7-18(8-6-17)23-10-9-21-19(24)12-23/h2-8,11H,9-10,12-14H2,1H3,(H,21,24)(H,22,25). The Morgan fingerprint density at radius 3 is 2.77 bits per heavy atom. The van der Waals surface area contributed by atoms with Gasteiger partial charge in [0.15, 0.2) is 0 Å². The van der Waals surface area contributed by atoms with Crippen molar-refractivity contribution in [2.45, 2.75) is 12.7 Å². The molecule has 2 amide bonds. The summed E-state index contributed by atoms with van der Waals surface area (Å²) in [7, 11) is 0. The van der Waals surface area contributed by atoms with Crippen LogP contribution in [0.5, 0.6) is 0 Å². The van der Waals surface area contributed by atoms with Crippen LogP contribution in [0.3, 0.4) is 0 Å². The highest BCUT2D eigenvalue weighted by Gasteiger charge is 2.16. The summed E-state index contributed by atoms with van der Waals surface area (Å²) in [6.45, 7) is 3.91. The van der Waals surface area contributed by atoms with E-state index in [1.165, 1.54) is 11.1 Å². The Balaban J connectivity index is 1.46. The van der Waals surface area contributed by atoms with Gasteiger partial charge in [-0.1, -0.05) is 29.8 Å². The van der Waals surface area contributed by atoms with Gasteiger partial charge in [-0.25, -0.2) is 0 Å². The molecule has 3 rings (SSSR count). The lowest BCUT2D eigenvalue weighted by Crippen LogP contribution is -2.47. The summed E-state index contributed by atoms with van der Waals surface area (Å²) >= 11 is 1.60. The molecular formula is C20H23N3O2S. The first-order valence-corrected chi connectivity index (χ1v) is 9.80. The fourth-order valence-electron chi connectivity index (χ4n) is 2.88. The van der Waals surface area contributed by atoms with E-state index < -0.39 is 0 Å². The third kappa shape index (κ3) is 5.26. The zero-order chi connectivity index (χ0) is 18.4. The number of thioether (sulfide) groups is 1. The van der Waals surface area contributed by atoms with Gasteiger partial charge in [0.25, 0.3) is 0 Å². The number of piperazine rings is 1. The van der Waals surface area contributed by atoms with Gasteiger partial charge in [-0.15, -0.1) is 11.8 Å². The third-order valence-electron chi connectivity index (χ3n) is 4.14. The van der Waals surface area contributed by atoms with Crippen LogP contribution in [0.2, 0.25) is 0 Å². The third-order valence-corrected chi connectivity index (χ3v) is 5.14. The predicted molar refractivity (Wildman–Crippen MR) is 108 cm³/mol. The van der Waals surface area contributed by atoms with Gasteiger partial charge in [0, 0.05) is 30.2 Å². The van der Waals surface area contributed by atoms with Crippen LogP contribution in [0, 0.1) is 6.92 Å². The zero-order valence-corrected chi connectivity index (χ0v) is 15.6. The average Bonchev–Trinajstić information content (AvgIpc) is 2.62. The first kappa shape index (κ1) is 18.3. The summed E-state index contributed by atoms with van der Waals surface area (Å²) < 4.78 is 0. The molecule has 2 N–H and O–H groups in total. The van der Waals surface area contributed by atoms with Crippen LogP contribution in [-0.4, -0.2) is 37.2 Å². The first-order valence-electron chi connectivity index (χ1n) is 8.65. The van der Waals surface area contributed by atoms with E-state index in [1.54, 1.807) is 11.8 Å². The molecule has 1 heterocycles. The molecule has 0 spiro atoms. The minimum Gasteiger partial charge on any atom is -0.360 e. The van der Waals surface area contributed by atoms with E-state index in [-0.39, 0.29) is 11.8 Å². The number of hydrogen-bond acceptors (Lipinski definition) is 4. The van der Waals surface area contributed by atoms with Crippen molar-refractivity contribution in [2.24, 2.45) is 0 Å². The van der Waals surface area contributed by atoms with Crippen molar-refractivity contribution >= 4 is 35.0 Å². The lowest BCUT2D eigenvalue weighted by atomic mass is 10.2. The van der Waals surface area contributed by atoms with Crippen LogP contribution in [0.4, 0.5) is 11.4 Å². The molecule has 0 saturated carbocycles. The summed E-state index contributed by atoms with van der Waals surface area (Å²) in [6, 6.07) is 16.0. The van der Waals surface area contributed by atoms with Gasteiger partial charge in [0.1, 0.15) is 0 Å². The highest BCUT2D eigenvalue weighted by molar-refractivity contribution is 7.99. The Morgan fingerprint density at radius 2 is 2.04 bits per heavy atom. The molecule has 0 unspecified atom stereocenters. The average molecular weight is 369 g/mol. The second kappa shape index (κ2) is 8.76. The Morgan fingerprint density at radius 1 is 1.23 bits per heavy atom. The molecule has 1 aliphatic rings. The van der Waals surface area contributed by atoms with E-state index in [0.29, 0.717) is 18.8 Å². The zero-order valence-electron chi connectivity index (χ0n) is 14.8. The van der Waals surface area contributed by atoms with Crippen molar-refractivity contribution in [3.05, 3.63) is 59.7 Å². The summed E-state index contributed by atoms with van der Waals surface area (Å²) in [6.07, 6.45) is 0. The maximum atomic E-state index is 12.1. The van der Waals surface area contributed by atoms with E-state index in [9.17, 15) is 9.59 Å². The SMILES string of the molecule is Cc1cccc(CSCC(=O)Nc2ccc(N3CCNC(=O)C3)cc2)c1. The fourth-order valence-corrected chi connectivity index (χ4v) is 3.65. The number of nitrogens with zero attached hydrogens (tertiary/aromatic N) is 1. The number of benzene rings is 2. The van der Waals surface area contributed by atoms with Gasteiger partial charge < -0.3 is 15.5 Å². The fraction of sp³-hybridized carbons (Fsp3) is 0.300. The van der Waals surface area contributed by atoms with E-state index in [4.69, 9.17) is 0 Å². The van der Waals surface area contributed by atoms with E-state index in [1.807, 2.05) is 35.2 Å². The Labute approximate surface area is 158 Å². The molecule has 136 valence electrons. The van der Waals surface area contributed by atoms with Crippen molar-refractivity contribution in [3.8, 4) is 0 Å². The molecule has 0 bridgehead atoms. The topological polar surface area (TPSA) is 61.4 Å². The lowest BCUT2D eigenvalue weighted by molar-refractivity contribution is -0.120. The number of amides is 2. The number of nitrogens with one attached hydrogen (secondary N) is 2. The van der Waals surface area contributed by atoms with Gasteiger partial charge in [-0.05, 0) is 36.8 Å². The Hall–Kier alpha value is -2.47. The van der Waals surface area contributed by atoms with Crippen molar-refractivity contribution in [1.82, 2.24) is 5.32 Å². The summed E-state index contributed by atoms with van der Waals surface area (Å²) in [5.74, 6) is 1.28. The lowest BCUT2D eigenvalue weighted by Gasteiger charge is -2.28. The van der Waals surface area contributed by atoms with E-state index in [2.05, 4.69) is 35.8 Å².